The number of rotatable bonds is 7. The molecule has 2 amide bonds. The van der Waals surface area contributed by atoms with Crippen molar-refractivity contribution in [2.75, 3.05) is 18.5 Å². The van der Waals surface area contributed by atoms with Crippen LogP contribution in [0.4, 0.5) is 10.5 Å². The van der Waals surface area contributed by atoms with Gasteiger partial charge >= 0.3 is 6.03 Å². The Morgan fingerprint density at radius 1 is 1.17 bits per heavy atom. The molecule has 1 aliphatic rings. The van der Waals surface area contributed by atoms with Crippen molar-refractivity contribution in [3.63, 3.8) is 0 Å². The summed E-state index contributed by atoms with van der Waals surface area (Å²) in [7, 11) is 0. The molecular formula is C18H26N2O3. The Hall–Kier alpha value is -2.17. The molecule has 0 spiro atoms. The molecule has 23 heavy (non-hydrogen) atoms. The second-order valence-electron chi connectivity index (χ2n) is 5.53. The van der Waals surface area contributed by atoms with Crippen molar-refractivity contribution < 1.29 is 14.3 Å². The van der Waals surface area contributed by atoms with Crippen molar-refractivity contribution in [2.24, 2.45) is 5.92 Å². The second kappa shape index (κ2) is 9.08. The molecule has 0 aliphatic heterocycles. The highest BCUT2D eigenvalue weighted by Crippen LogP contribution is 2.30. The summed E-state index contributed by atoms with van der Waals surface area (Å²) < 4.78 is 11.1. The number of urea groups is 1. The van der Waals surface area contributed by atoms with E-state index in [0.717, 1.165) is 0 Å². The maximum absolute atomic E-state index is 11.9. The summed E-state index contributed by atoms with van der Waals surface area (Å²) in [6, 6.07) is 5.12. The number of carbonyl (C=O) groups is 1. The number of anilines is 1. The lowest BCUT2D eigenvalue weighted by molar-refractivity contribution is 0.255. The topological polar surface area (TPSA) is 59.6 Å². The first-order valence-corrected chi connectivity index (χ1v) is 8.36. The van der Waals surface area contributed by atoms with Gasteiger partial charge < -0.3 is 20.1 Å². The summed E-state index contributed by atoms with van der Waals surface area (Å²) in [6.07, 6.45) is 8.83. The summed E-state index contributed by atoms with van der Waals surface area (Å²) in [5.41, 5.74) is 0.670. The normalized spacial score (nSPS) is 14.9. The second-order valence-corrected chi connectivity index (χ2v) is 5.53. The van der Waals surface area contributed by atoms with Gasteiger partial charge in [0.15, 0.2) is 11.5 Å². The molecule has 1 aromatic rings. The third-order valence-corrected chi connectivity index (χ3v) is 3.78. The molecule has 0 saturated heterocycles. The zero-order valence-corrected chi connectivity index (χ0v) is 13.9. The van der Waals surface area contributed by atoms with Crippen LogP contribution in [-0.2, 0) is 0 Å². The molecular weight excluding hydrogens is 292 g/mol. The van der Waals surface area contributed by atoms with Gasteiger partial charge in [-0.25, -0.2) is 4.79 Å². The van der Waals surface area contributed by atoms with Gasteiger partial charge in [0, 0.05) is 18.0 Å². The maximum Gasteiger partial charge on any atom is 0.323 e. The minimum atomic E-state index is -0.258. The fraction of sp³-hybridized carbons (Fsp3) is 0.500. The fourth-order valence-corrected chi connectivity index (χ4v) is 2.71. The Balaban J connectivity index is 1.90. The smallest absolute Gasteiger partial charge is 0.323 e. The van der Waals surface area contributed by atoms with Gasteiger partial charge in [0.25, 0.3) is 0 Å². The molecule has 0 atom stereocenters. The van der Waals surface area contributed by atoms with Crippen LogP contribution in [0, 0.1) is 5.92 Å². The molecule has 126 valence electrons. The van der Waals surface area contributed by atoms with Crippen molar-refractivity contribution in [3.8, 4) is 11.5 Å². The van der Waals surface area contributed by atoms with Crippen LogP contribution in [0.5, 0.6) is 11.5 Å². The molecule has 2 rings (SSSR count). The SMILES string of the molecule is CCOc1ccc(NC(=O)N/C=C/C2CCCC2)cc1OCC. The van der Waals surface area contributed by atoms with Crippen LogP contribution in [0.3, 0.4) is 0 Å². The van der Waals surface area contributed by atoms with Gasteiger partial charge in [-0.2, -0.15) is 0 Å². The third kappa shape index (κ3) is 5.51. The van der Waals surface area contributed by atoms with E-state index in [-0.39, 0.29) is 6.03 Å². The zero-order valence-electron chi connectivity index (χ0n) is 13.9. The Morgan fingerprint density at radius 3 is 2.57 bits per heavy atom. The third-order valence-electron chi connectivity index (χ3n) is 3.78. The van der Waals surface area contributed by atoms with Crippen molar-refractivity contribution in [3.05, 3.63) is 30.5 Å². The molecule has 0 aromatic heterocycles. The molecule has 1 aliphatic carbocycles. The standard InChI is InChI=1S/C18H26N2O3/c1-3-22-16-10-9-15(13-17(16)23-4-2)20-18(21)19-12-11-14-7-5-6-8-14/h9-14H,3-8H2,1-2H3,(H2,19,20,21)/b12-11+. The lowest BCUT2D eigenvalue weighted by Crippen LogP contribution is -2.24. The Bertz CT molecular complexity index is 537. The highest BCUT2D eigenvalue weighted by molar-refractivity contribution is 5.90. The number of amides is 2. The predicted octanol–water partition coefficient (Wildman–Crippen LogP) is 4.31. The highest BCUT2D eigenvalue weighted by Gasteiger charge is 2.11. The largest absolute Gasteiger partial charge is 0.490 e. The minimum Gasteiger partial charge on any atom is -0.490 e. The van der Waals surface area contributed by atoms with E-state index in [2.05, 4.69) is 16.7 Å². The van der Waals surface area contributed by atoms with E-state index in [1.807, 2.05) is 13.8 Å². The van der Waals surface area contributed by atoms with E-state index >= 15 is 0 Å². The van der Waals surface area contributed by atoms with Crippen LogP contribution in [0.15, 0.2) is 30.5 Å². The van der Waals surface area contributed by atoms with E-state index < -0.39 is 0 Å². The van der Waals surface area contributed by atoms with Crippen LogP contribution in [0.25, 0.3) is 0 Å². The molecule has 0 bridgehead atoms. The fourth-order valence-electron chi connectivity index (χ4n) is 2.71. The molecule has 0 radical (unpaired) electrons. The van der Waals surface area contributed by atoms with Gasteiger partial charge in [-0.1, -0.05) is 18.9 Å². The number of benzene rings is 1. The van der Waals surface area contributed by atoms with Gasteiger partial charge in [0.1, 0.15) is 0 Å². The molecule has 1 aromatic carbocycles. The summed E-state index contributed by atoms with van der Waals surface area (Å²) in [6.45, 7) is 4.95. The molecule has 2 N–H and O–H groups in total. The maximum atomic E-state index is 11.9. The predicted molar refractivity (Wildman–Crippen MR) is 92.0 cm³/mol. The Labute approximate surface area is 138 Å². The average Bonchev–Trinajstić information content (AvgIpc) is 3.03. The van der Waals surface area contributed by atoms with E-state index in [4.69, 9.17) is 9.47 Å². The number of hydrogen-bond acceptors (Lipinski definition) is 3. The van der Waals surface area contributed by atoms with E-state index in [1.165, 1.54) is 25.7 Å². The first-order chi connectivity index (χ1) is 11.2. The van der Waals surface area contributed by atoms with Crippen LogP contribution in [0.2, 0.25) is 0 Å². The van der Waals surface area contributed by atoms with Gasteiger partial charge in [-0.3, -0.25) is 0 Å². The van der Waals surface area contributed by atoms with Crippen LogP contribution >= 0.6 is 0 Å². The van der Waals surface area contributed by atoms with Crippen LogP contribution in [-0.4, -0.2) is 19.2 Å². The number of ether oxygens (including phenoxy) is 2. The lowest BCUT2D eigenvalue weighted by Gasteiger charge is -2.13. The Kier molecular flexibility index (Phi) is 6.78. The molecule has 1 saturated carbocycles. The van der Waals surface area contributed by atoms with E-state index in [9.17, 15) is 4.79 Å². The van der Waals surface area contributed by atoms with Gasteiger partial charge in [0.2, 0.25) is 0 Å². The number of allylic oxidation sites excluding steroid dienone is 1. The molecule has 1 fully saturated rings. The Morgan fingerprint density at radius 2 is 1.87 bits per heavy atom. The van der Waals surface area contributed by atoms with E-state index in [1.54, 1.807) is 24.4 Å². The first kappa shape index (κ1) is 17.2. The molecule has 0 unspecified atom stereocenters. The first-order valence-electron chi connectivity index (χ1n) is 8.36. The quantitative estimate of drug-likeness (QED) is 0.787. The van der Waals surface area contributed by atoms with Crippen molar-refractivity contribution in [2.45, 2.75) is 39.5 Å². The van der Waals surface area contributed by atoms with E-state index in [0.29, 0.717) is 36.3 Å². The minimum absolute atomic E-state index is 0.258. The van der Waals surface area contributed by atoms with Gasteiger partial charge in [-0.05, 0) is 44.7 Å². The molecule has 0 heterocycles. The number of hydrogen-bond donors (Lipinski definition) is 2. The zero-order chi connectivity index (χ0) is 16.5. The summed E-state index contributed by atoms with van der Waals surface area (Å²) >= 11 is 0. The molecule has 5 heteroatoms. The summed E-state index contributed by atoms with van der Waals surface area (Å²) in [5.74, 6) is 1.92. The van der Waals surface area contributed by atoms with Crippen LogP contribution < -0.4 is 20.1 Å². The number of carbonyl (C=O) groups excluding carboxylic acids is 1. The van der Waals surface area contributed by atoms with Gasteiger partial charge in [0.05, 0.1) is 13.2 Å². The van der Waals surface area contributed by atoms with Crippen molar-refractivity contribution in [1.82, 2.24) is 5.32 Å². The average molecular weight is 318 g/mol. The monoisotopic (exact) mass is 318 g/mol. The van der Waals surface area contributed by atoms with Crippen molar-refractivity contribution >= 4 is 11.7 Å². The van der Waals surface area contributed by atoms with Gasteiger partial charge in [-0.15, -0.1) is 0 Å². The highest BCUT2D eigenvalue weighted by atomic mass is 16.5. The molecule has 5 nitrogen and oxygen atoms in total. The summed E-state index contributed by atoms with van der Waals surface area (Å²) in [5, 5.41) is 5.55. The van der Waals surface area contributed by atoms with Crippen molar-refractivity contribution in [1.29, 1.82) is 0 Å². The van der Waals surface area contributed by atoms with Crippen LogP contribution in [0.1, 0.15) is 39.5 Å². The summed E-state index contributed by atoms with van der Waals surface area (Å²) in [4.78, 5) is 11.9. The number of nitrogens with one attached hydrogen (secondary N) is 2. The lowest BCUT2D eigenvalue weighted by atomic mass is 10.1.